The first-order valence-corrected chi connectivity index (χ1v) is 7.61. The lowest BCUT2D eigenvalue weighted by Gasteiger charge is -2.16. The Hall–Kier alpha value is -0.620. The third kappa shape index (κ3) is 3.45. The van der Waals surface area contributed by atoms with Crippen molar-refractivity contribution in [2.75, 3.05) is 13.1 Å². The molecule has 1 aliphatic heterocycles. The Morgan fingerprint density at radius 2 is 2.06 bits per heavy atom. The molecule has 1 aromatic heterocycles. The molecule has 0 spiro atoms. The highest BCUT2D eigenvalue weighted by molar-refractivity contribution is 8.22. The number of aromatic nitrogens is 2. The molecule has 0 bridgehead atoms. The third-order valence-corrected chi connectivity index (χ3v) is 4.33. The van der Waals surface area contributed by atoms with E-state index in [1.165, 1.54) is 12.8 Å². The Balaban J connectivity index is 1.86. The molecule has 4 nitrogen and oxygen atoms in total. The highest BCUT2D eigenvalue weighted by Crippen LogP contribution is 2.22. The molecule has 2 rings (SSSR count). The van der Waals surface area contributed by atoms with Gasteiger partial charge in [-0.3, -0.25) is 0 Å². The summed E-state index contributed by atoms with van der Waals surface area (Å²) in [5.41, 5.74) is -0.0676. The van der Waals surface area contributed by atoms with E-state index in [0.29, 0.717) is 11.6 Å². The van der Waals surface area contributed by atoms with Gasteiger partial charge in [-0.15, -0.1) is 0 Å². The van der Waals surface area contributed by atoms with E-state index in [-0.39, 0.29) is 5.41 Å². The lowest BCUT2D eigenvalue weighted by Crippen LogP contribution is -2.23. The summed E-state index contributed by atoms with van der Waals surface area (Å²) in [7, 11) is 0. The van der Waals surface area contributed by atoms with Crippen LogP contribution < -0.4 is 0 Å². The van der Waals surface area contributed by atoms with E-state index >= 15 is 0 Å². The van der Waals surface area contributed by atoms with E-state index in [0.717, 1.165) is 23.2 Å². The van der Waals surface area contributed by atoms with Gasteiger partial charge in [-0.2, -0.15) is 4.98 Å². The van der Waals surface area contributed by atoms with Crippen LogP contribution in [0.25, 0.3) is 0 Å². The van der Waals surface area contributed by atoms with Crippen LogP contribution in [0, 0.1) is 0 Å². The minimum atomic E-state index is -0.0676. The third-order valence-electron chi connectivity index (χ3n) is 2.82. The summed E-state index contributed by atoms with van der Waals surface area (Å²) in [6.45, 7) is 8.39. The number of nitrogens with zero attached hydrogens (tertiary/aromatic N) is 3. The molecule has 0 amide bonds. The van der Waals surface area contributed by atoms with E-state index in [4.69, 9.17) is 16.7 Å². The van der Waals surface area contributed by atoms with Crippen LogP contribution in [0.3, 0.4) is 0 Å². The second kappa shape index (κ2) is 5.57. The number of hydrogen-bond donors (Lipinski definition) is 0. The molecule has 1 saturated heterocycles. The van der Waals surface area contributed by atoms with E-state index in [2.05, 4.69) is 35.8 Å². The van der Waals surface area contributed by atoms with Crippen LogP contribution in [0.1, 0.15) is 45.3 Å². The van der Waals surface area contributed by atoms with Crippen molar-refractivity contribution in [1.29, 1.82) is 0 Å². The lowest BCUT2D eigenvalue weighted by molar-refractivity contribution is 0.373. The molecule has 0 atom stereocenters. The highest BCUT2D eigenvalue weighted by atomic mass is 32.2. The molecule has 0 N–H and O–H groups in total. The molecule has 100 valence electrons. The van der Waals surface area contributed by atoms with Crippen LogP contribution in [0.15, 0.2) is 4.52 Å². The Labute approximate surface area is 118 Å². The summed E-state index contributed by atoms with van der Waals surface area (Å²) in [5.74, 6) is 2.08. The Kier molecular flexibility index (Phi) is 4.27. The molecular weight excluding hydrogens is 266 g/mol. The Morgan fingerprint density at radius 1 is 1.39 bits per heavy atom. The standard InChI is InChI=1S/C12H19N3OS2/c1-12(2,3)10-13-9(16-14-10)8-18-11(17)15-6-4-5-7-15/h4-8H2,1-3H3. The molecule has 1 aromatic rings. The van der Waals surface area contributed by atoms with Crippen LogP contribution in [0.5, 0.6) is 0 Å². The van der Waals surface area contributed by atoms with E-state index in [9.17, 15) is 0 Å². The summed E-state index contributed by atoms with van der Waals surface area (Å²) < 4.78 is 6.19. The van der Waals surface area contributed by atoms with Crippen LogP contribution >= 0.6 is 24.0 Å². The summed E-state index contributed by atoms with van der Waals surface area (Å²) in [5, 5.41) is 4.01. The number of rotatable bonds is 2. The fourth-order valence-electron chi connectivity index (χ4n) is 1.73. The zero-order valence-electron chi connectivity index (χ0n) is 11.1. The molecular formula is C12H19N3OS2. The maximum atomic E-state index is 5.39. The SMILES string of the molecule is CC(C)(C)c1noc(CSC(=S)N2CCCC2)n1. The molecule has 2 heterocycles. The minimum absolute atomic E-state index is 0.0676. The van der Waals surface area contributed by atoms with Gasteiger partial charge in [-0.1, -0.05) is 49.9 Å². The van der Waals surface area contributed by atoms with Gasteiger partial charge in [0.15, 0.2) is 5.82 Å². The first kappa shape index (κ1) is 13.8. The molecule has 18 heavy (non-hydrogen) atoms. The second-order valence-corrected chi connectivity index (χ2v) is 7.12. The lowest BCUT2D eigenvalue weighted by atomic mass is 9.96. The van der Waals surface area contributed by atoms with E-state index < -0.39 is 0 Å². The van der Waals surface area contributed by atoms with Gasteiger partial charge < -0.3 is 9.42 Å². The summed E-state index contributed by atoms with van der Waals surface area (Å²) in [6.07, 6.45) is 2.49. The smallest absolute Gasteiger partial charge is 0.237 e. The molecule has 0 radical (unpaired) electrons. The topological polar surface area (TPSA) is 42.2 Å². The summed E-state index contributed by atoms with van der Waals surface area (Å²) in [4.78, 5) is 6.65. The molecule has 0 aromatic carbocycles. The van der Waals surface area contributed by atoms with Gasteiger partial charge in [-0.25, -0.2) is 0 Å². The second-order valence-electron chi connectivity index (χ2n) is 5.51. The quantitative estimate of drug-likeness (QED) is 0.778. The normalized spacial score (nSPS) is 16.3. The average Bonchev–Trinajstić information content (AvgIpc) is 2.96. The van der Waals surface area contributed by atoms with Gasteiger partial charge in [0.25, 0.3) is 0 Å². The maximum Gasteiger partial charge on any atom is 0.237 e. The van der Waals surface area contributed by atoms with E-state index in [1.54, 1.807) is 11.8 Å². The van der Waals surface area contributed by atoms with Crippen molar-refractivity contribution >= 4 is 28.3 Å². The van der Waals surface area contributed by atoms with E-state index in [1.807, 2.05) is 0 Å². The van der Waals surface area contributed by atoms with Crippen molar-refractivity contribution in [2.24, 2.45) is 0 Å². The predicted octanol–water partition coefficient (Wildman–Crippen LogP) is 2.98. The van der Waals surface area contributed by atoms with Gasteiger partial charge in [-0.05, 0) is 12.8 Å². The molecule has 1 aliphatic rings. The van der Waals surface area contributed by atoms with Crippen molar-refractivity contribution < 1.29 is 4.52 Å². The van der Waals surface area contributed by atoms with Crippen LogP contribution in [0.4, 0.5) is 0 Å². The monoisotopic (exact) mass is 285 g/mol. The first-order chi connectivity index (χ1) is 8.47. The highest BCUT2D eigenvalue weighted by Gasteiger charge is 2.21. The Bertz CT molecular complexity index is 419. The number of hydrogen-bond acceptors (Lipinski definition) is 5. The van der Waals surface area contributed by atoms with Crippen molar-refractivity contribution in [1.82, 2.24) is 15.0 Å². The zero-order valence-corrected chi connectivity index (χ0v) is 12.7. The predicted molar refractivity (Wildman–Crippen MR) is 77.7 cm³/mol. The molecule has 0 unspecified atom stereocenters. The van der Waals surface area contributed by atoms with Gasteiger partial charge >= 0.3 is 0 Å². The van der Waals surface area contributed by atoms with Crippen molar-refractivity contribution in [3.63, 3.8) is 0 Å². The molecule has 6 heteroatoms. The van der Waals surface area contributed by atoms with Gasteiger partial charge in [0, 0.05) is 18.5 Å². The maximum absolute atomic E-state index is 5.39. The Morgan fingerprint density at radius 3 is 2.61 bits per heavy atom. The van der Waals surface area contributed by atoms with Crippen LogP contribution in [0.2, 0.25) is 0 Å². The van der Waals surface area contributed by atoms with Gasteiger partial charge in [0.1, 0.15) is 4.32 Å². The van der Waals surface area contributed by atoms with Crippen LogP contribution in [-0.2, 0) is 11.2 Å². The largest absolute Gasteiger partial charge is 0.358 e. The summed E-state index contributed by atoms with van der Waals surface area (Å²) in [6, 6.07) is 0. The average molecular weight is 285 g/mol. The van der Waals surface area contributed by atoms with Crippen LogP contribution in [-0.4, -0.2) is 32.5 Å². The van der Waals surface area contributed by atoms with Crippen molar-refractivity contribution in [3.8, 4) is 0 Å². The number of likely N-dealkylation sites (tertiary alicyclic amines) is 1. The first-order valence-electron chi connectivity index (χ1n) is 6.21. The minimum Gasteiger partial charge on any atom is -0.358 e. The van der Waals surface area contributed by atoms with Gasteiger partial charge in [0.05, 0.1) is 5.75 Å². The van der Waals surface area contributed by atoms with Crippen molar-refractivity contribution in [3.05, 3.63) is 11.7 Å². The molecule has 1 fully saturated rings. The number of thiocarbonyl (C=S) groups is 1. The molecule has 0 aliphatic carbocycles. The summed E-state index contributed by atoms with van der Waals surface area (Å²) >= 11 is 7.00. The number of thioether (sulfide) groups is 1. The zero-order chi connectivity index (χ0) is 13.2. The fourth-order valence-corrected chi connectivity index (χ4v) is 2.82. The molecule has 0 saturated carbocycles. The fraction of sp³-hybridized carbons (Fsp3) is 0.750. The van der Waals surface area contributed by atoms with Gasteiger partial charge in [0.2, 0.25) is 5.89 Å². The van der Waals surface area contributed by atoms with Crippen molar-refractivity contribution in [2.45, 2.75) is 44.8 Å².